The smallest absolute Gasteiger partial charge is 0.253 e. The SMILES string of the molecule is Cc1nc(N=C(N)N)nc2cc3c(cc12)OCO3. The predicted octanol–water partition coefficient (Wildman–Crippen LogP) is 0.572. The summed E-state index contributed by atoms with van der Waals surface area (Å²) in [6.07, 6.45) is 0. The van der Waals surface area contributed by atoms with E-state index in [1.165, 1.54) is 0 Å². The summed E-state index contributed by atoms with van der Waals surface area (Å²) in [5.74, 6) is 1.52. The number of aromatic nitrogens is 2. The fourth-order valence-electron chi connectivity index (χ4n) is 1.82. The van der Waals surface area contributed by atoms with Crippen LogP contribution in [0.1, 0.15) is 5.69 Å². The number of nitrogens with two attached hydrogens (primary N) is 2. The van der Waals surface area contributed by atoms with Crippen molar-refractivity contribution in [3.63, 3.8) is 0 Å². The van der Waals surface area contributed by atoms with E-state index in [0.29, 0.717) is 17.0 Å². The van der Waals surface area contributed by atoms with Crippen molar-refractivity contribution in [2.75, 3.05) is 6.79 Å². The van der Waals surface area contributed by atoms with Crippen LogP contribution in [0.5, 0.6) is 11.5 Å². The molecule has 1 aromatic carbocycles. The van der Waals surface area contributed by atoms with Crippen LogP contribution in [0.2, 0.25) is 0 Å². The van der Waals surface area contributed by atoms with Gasteiger partial charge in [-0.1, -0.05) is 0 Å². The lowest BCUT2D eigenvalue weighted by Crippen LogP contribution is -2.22. The lowest BCUT2D eigenvalue weighted by Gasteiger charge is -2.04. The van der Waals surface area contributed by atoms with Crippen molar-refractivity contribution < 1.29 is 9.47 Å². The number of nitrogens with zero attached hydrogens (tertiary/aromatic N) is 3. The van der Waals surface area contributed by atoms with Gasteiger partial charge in [0.2, 0.25) is 6.79 Å². The molecule has 1 aliphatic heterocycles. The maximum Gasteiger partial charge on any atom is 0.253 e. The van der Waals surface area contributed by atoms with E-state index in [-0.39, 0.29) is 18.7 Å². The van der Waals surface area contributed by atoms with Crippen molar-refractivity contribution in [3.8, 4) is 11.5 Å². The Labute approximate surface area is 102 Å². The van der Waals surface area contributed by atoms with Crippen LogP contribution in [0.4, 0.5) is 5.95 Å². The van der Waals surface area contributed by atoms with Crippen molar-refractivity contribution in [2.45, 2.75) is 6.92 Å². The molecule has 3 rings (SSSR count). The molecule has 0 fully saturated rings. The standard InChI is InChI=1S/C11H11N5O2/c1-5-6-2-8-9(18-4-17-8)3-7(6)15-11(14-5)16-10(12)13/h2-3H,4H2,1H3,(H4,12,13,14,15,16). The normalized spacial score (nSPS) is 12.7. The Kier molecular flexibility index (Phi) is 2.19. The summed E-state index contributed by atoms with van der Waals surface area (Å²) >= 11 is 0. The van der Waals surface area contributed by atoms with Gasteiger partial charge in [-0.3, -0.25) is 0 Å². The quantitative estimate of drug-likeness (QED) is 0.561. The summed E-state index contributed by atoms with van der Waals surface area (Å²) in [7, 11) is 0. The molecule has 7 heteroatoms. The summed E-state index contributed by atoms with van der Waals surface area (Å²) in [5, 5.41) is 0.883. The Balaban J connectivity index is 2.24. The molecule has 4 N–H and O–H groups in total. The van der Waals surface area contributed by atoms with Gasteiger partial charge < -0.3 is 20.9 Å². The number of benzene rings is 1. The van der Waals surface area contributed by atoms with Crippen LogP contribution in [0, 0.1) is 6.92 Å². The highest BCUT2D eigenvalue weighted by Gasteiger charge is 2.16. The van der Waals surface area contributed by atoms with Gasteiger partial charge in [0.1, 0.15) is 0 Å². The van der Waals surface area contributed by atoms with Gasteiger partial charge in [-0.2, -0.15) is 4.99 Å². The van der Waals surface area contributed by atoms with Gasteiger partial charge in [-0.05, 0) is 13.0 Å². The molecule has 2 heterocycles. The summed E-state index contributed by atoms with van der Waals surface area (Å²) in [6, 6.07) is 3.64. The van der Waals surface area contributed by atoms with Gasteiger partial charge in [0, 0.05) is 11.5 Å². The molecule has 7 nitrogen and oxygen atoms in total. The molecule has 1 aromatic heterocycles. The van der Waals surface area contributed by atoms with Gasteiger partial charge in [-0.15, -0.1) is 0 Å². The zero-order valence-corrected chi connectivity index (χ0v) is 9.67. The molecule has 0 saturated heterocycles. The number of guanidine groups is 1. The van der Waals surface area contributed by atoms with E-state index in [9.17, 15) is 0 Å². The Morgan fingerprint density at radius 3 is 2.67 bits per heavy atom. The molecule has 0 atom stereocenters. The lowest BCUT2D eigenvalue weighted by atomic mass is 10.2. The molecule has 92 valence electrons. The Morgan fingerprint density at radius 2 is 1.94 bits per heavy atom. The minimum Gasteiger partial charge on any atom is -0.454 e. The Bertz CT molecular complexity index is 664. The molecule has 0 aliphatic carbocycles. The van der Waals surface area contributed by atoms with Gasteiger partial charge in [0.05, 0.1) is 11.2 Å². The van der Waals surface area contributed by atoms with Crippen molar-refractivity contribution in [3.05, 3.63) is 17.8 Å². The first-order valence-electron chi connectivity index (χ1n) is 5.31. The second-order valence-corrected chi connectivity index (χ2v) is 3.87. The average Bonchev–Trinajstić information content (AvgIpc) is 2.72. The first-order chi connectivity index (χ1) is 8.63. The summed E-state index contributed by atoms with van der Waals surface area (Å²) in [5.41, 5.74) is 12.1. The second-order valence-electron chi connectivity index (χ2n) is 3.87. The van der Waals surface area contributed by atoms with Crippen LogP contribution in [0.15, 0.2) is 17.1 Å². The number of aliphatic imine (C=N–C) groups is 1. The molecule has 1 aliphatic rings. The Hall–Kier alpha value is -2.57. The van der Waals surface area contributed by atoms with E-state index in [1.807, 2.05) is 13.0 Å². The third kappa shape index (κ3) is 1.65. The largest absolute Gasteiger partial charge is 0.454 e. The van der Waals surface area contributed by atoms with Gasteiger partial charge in [0.15, 0.2) is 17.5 Å². The molecule has 0 bridgehead atoms. The minimum atomic E-state index is -0.0745. The van der Waals surface area contributed by atoms with Gasteiger partial charge in [-0.25, -0.2) is 9.97 Å². The molecular weight excluding hydrogens is 234 g/mol. The molecule has 0 amide bonds. The zero-order valence-electron chi connectivity index (χ0n) is 9.67. The number of aryl methyl sites for hydroxylation is 1. The molecule has 0 saturated carbocycles. The van der Waals surface area contributed by atoms with E-state index < -0.39 is 0 Å². The third-order valence-corrected chi connectivity index (χ3v) is 2.60. The molecule has 18 heavy (non-hydrogen) atoms. The van der Waals surface area contributed by atoms with Crippen LogP contribution < -0.4 is 20.9 Å². The highest BCUT2D eigenvalue weighted by molar-refractivity contribution is 5.86. The highest BCUT2D eigenvalue weighted by atomic mass is 16.7. The van der Waals surface area contributed by atoms with Gasteiger partial charge >= 0.3 is 0 Å². The van der Waals surface area contributed by atoms with Crippen molar-refractivity contribution >= 4 is 22.8 Å². The lowest BCUT2D eigenvalue weighted by molar-refractivity contribution is 0.174. The monoisotopic (exact) mass is 245 g/mol. The van der Waals surface area contributed by atoms with E-state index in [4.69, 9.17) is 20.9 Å². The fourth-order valence-corrected chi connectivity index (χ4v) is 1.82. The van der Waals surface area contributed by atoms with Crippen LogP contribution in [0.25, 0.3) is 10.9 Å². The molecule has 0 spiro atoms. The van der Waals surface area contributed by atoms with Gasteiger partial charge in [0.25, 0.3) is 5.95 Å². The number of ether oxygens (including phenoxy) is 2. The first kappa shape index (κ1) is 10.6. The van der Waals surface area contributed by atoms with Crippen molar-refractivity contribution in [2.24, 2.45) is 16.5 Å². The van der Waals surface area contributed by atoms with E-state index in [2.05, 4.69) is 15.0 Å². The van der Waals surface area contributed by atoms with Crippen molar-refractivity contribution in [1.29, 1.82) is 0 Å². The Morgan fingerprint density at radius 1 is 1.22 bits per heavy atom. The van der Waals surface area contributed by atoms with Crippen LogP contribution in [-0.4, -0.2) is 22.7 Å². The van der Waals surface area contributed by atoms with Crippen LogP contribution in [0.3, 0.4) is 0 Å². The predicted molar refractivity (Wildman–Crippen MR) is 65.9 cm³/mol. The molecule has 0 unspecified atom stereocenters. The van der Waals surface area contributed by atoms with Crippen LogP contribution in [-0.2, 0) is 0 Å². The minimum absolute atomic E-state index is 0.0745. The third-order valence-electron chi connectivity index (χ3n) is 2.60. The molecule has 0 radical (unpaired) electrons. The maximum atomic E-state index is 5.31. The van der Waals surface area contributed by atoms with Crippen molar-refractivity contribution in [1.82, 2.24) is 9.97 Å². The maximum absolute atomic E-state index is 5.31. The summed E-state index contributed by atoms with van der Waals surface area (Å²) in [6.45, 7) is 2.08. The van der Waals surface area contributed by atoms with E-state index in [0.717, 1.165) is 11.1 Å². The topological polar surface area (TPSA) is 109 Å². The molecular formula is C11H11N5O2. The fraction of sp³-hybridized carbons (Fsp3) is 0.182. The molecule has 2 aromatic rings. The van der Waals surface area contributed by atoms with E-state index in [1.54, 1.807) is 6.07 Å². The number of hydrogen-bond donors (Lipinski definition) is 2. The highest BCUT2D eigenvalue weighted by Crippen LogP contribution is 2.36. The number of fused-ring (bicyclic) bond motifs is 2. The summed E-state index contributed by atoms with van der Waals surface area (Å²) in [4.78, 5) is 12.3. The number of hydrogen-bond acceptors (Lipinski definition) is 5. The zero-order chi connectivity index (χ0) is 12.7. The summed E-state index contributed by atoms with van der Waals surface area (Å²) < 4.78 is 10.6. The first-order valence-corrected chi connectivity index (χ1v) is 5.31. The van der Waals surface area contributed by atoms with Crippen LogP contribution >= 0.6 is 0 Å². The second kappa shape index (κ2) is 3.73. The van der Waals surface area contributed by atoms with E-state index >= 15 is 0 Å². The number of rotatable bonds is 1. The average molecular weight is 245 g/mol.